The van der Waals surface area contributed by atoms with E-state index in [1.807, 2.05) is 38.1 Å². The minimum atomic E-state index is -0.244. The molecule has 0 bridgehead atoms. The minimum absolute atomic E-state index is 0.244. The first-order chi connectivity index (χ1) is 8.16. The number of nitrogens with zero attached hydrogens (tertiary/aromatic N) is 2. The van der Waals surface area contributed by atoms with E-state index in [9.17, 15) is 4.79 Å². The van der Waals surface area contributed by atoms with Gasteiger partial charge >= 0.3 is 0 Å². The third kappa shape index (κ3) is 2.66. The molecule has 1 amide bonds. The van der Waals surface area contributed by atoms with E-state index in [-0.39, 0.29) is 5.91 Å². The van der Waals surface area contributed by atoms with E-state index in [2.05, 4.69) is 15.3 Å². The number of benzene rings is 1. The van der Waals surface area contributed by atoms with Crippen LogP contribution < -0.4 is 5.32 Å². The summed E-state index contributed by atoms with van der Waals surface area (Å²) in [5.41, 5.74) is 2.91. The number of carbonyl (C=O) groups is 1. The molecule has 0 aliphatic rings. The van der Waals surface area contributed by atoms with E-state index in [1.54, 1.807) is 6.20 Å². The average Bonchev–Trinajstić information content (AvgIpc) is 2.33. The summed E-state index contributed by atoms with van der Waals surface area (Å²) < 4.78 is 0. The molecule has 2 rings (SSSR count). The molecule has 1 aromatic heterocycles. The van der Waals surface area contributed by atoms with E-state index < -0.39 is 0 Å². The molecule has 1 aromatic carbocycles. The van der Waals surface area contributed by atoms with Gasteiger partial charge in [-0.15, -0.1) is 0 Å². The molecule has 0 aliphatic heterocycles. The first kappa shape index (κ1) is 11.3. The van der Waals surface area contributed by atoms with E-state index in [4.69, 9.17) is 0 Å². The first-order valence-electron chi connectivity index (χ1n) is 5.32. The van der Waals surface area contributed by atoms with Crippen LogP contribution in [0.4, 0.5) is 5.69 Å². The SMILES string of the molecule is Cc1cnc(C(=O)Nc2ccccc2C)cn1. The molecule has 17 heavy (non-hydrogen) atoms. The lowest BCUT2D eigenvalue weighted by molar-refractivity contribution is 0.102. The largest absolute Gasteiger partial charge is 0.320 e. The van der Waals surface area contributed by atoms with Gasteiger partial charge in [-0.1, -0.05) is 18.2 Å². The summed E-state index contributed by atoms with van der Waals surface area (Å²) in [5.74, 6) is -0.244. The fourth-order valence-corrected chi connectivity index (χ4v) is 1.41. The lowest BCUT2D eigenvalue weighted by Crippen LogP contribution is -2.14. The first-order valence-corrected chi connectivity index (χ1v) is 5.32. The maximum absolute atomic E-state index is 11.9. The van der Waals surface area contributed by atoms with Gasteiger partial charge in [0, 0.05) is 11.9 Å². The standard InChI is InChI=1S/C13H13N3O/c1-9-5-3-4-6-11(9)16-13(17)12-8-14-10(2)7-15-12/h3-8H,1-2H3,(H,16,17). The number of aromatic nitrogens is 2. The summed E-state index contributed by atoms with van der Waals surface area (Å²) in [6.45, 7) is 3.77. The van der Waals surface area contributed by atoms with E-state index >= 15 is 0 Å². The van der Waals surface area contributed by atoms with Crippen molar-refractivity contribution in [2.45, 2.75) is 13.8 Å². The second-order valence-corrected chi connectivity index (χ2v) is 3.81. The maximum atomic E-state index is 11.9. The van der Waals surface area contributed by atoms with Gasteiger partial charge in [0.25, 0.3) is 5.91 Å². The van der Waals surface area contributed by atoms with Gasteiger partial charge in [0.2, 0.25) is 0 Å². The molecule has 86 valence electrons. The molecule has 0 atom stereocenters. The van der Waals surface area contributed by atoms with Crippen LogP contribution in [-0.4, -0.2) is 15.9 Å². The summed E-state index contributed by atoms with van der Waals surface area (Å²) >= 11 is 0. The summed E-state index contributed by atoms with van der Waals surface area (Å²) in [6.07, 6.45) is 3.05. The Morgan fingerprint density at radius 3 is 2.53 bits per heavy atom. The van der Waals surface area contributed by atoms with Crippen LogP contribution in [0.1, 0.15) is 21.7 Å². The lowest BCUT2D eigenvalue weighted by Gasteiger charge is -2.07. The number of rotatable bonds is 2. The Kier molecular flexibility index (Phi) is 3.14. The minimum Gasteiger partial charge on any atom is -0.320 e. The third-order valence-corrected chi connectivity index (χ3v) is 2.41. The molecule has 0 saturated heterocycles. The molecule has 0 saturated carbocycles. The predicted molar refractivity (Wildman–Crippen MR) is 65.9 cm³/mol. The van der Waals surface area contributed by atoms with Gasteiger partial charge in [0.15, 0.2) is 0 Å². The van der Waals surface area contributed by atoms with Gasteiger partial charge in [-0.05, 0) is 25.5 Å². The second kappa shape index (κ2) is 4.74. The van der Waals surface area contributed by atoms with E-state index in [0.29, 0.717) is 5.69 Å². The van der Waals surface area contributed by atoms with Crippen molar-refractivity contribution in [3.8, 4) is 0 Å². The molecular formula is C13H13N3O. The van der Waals surface area contributed by atoms with Crippen LogP contribution in [0.25, 0.3) is 0 Å². The molecule has 0 aliphatic carbocycles. The Morgan fingerprint density at radius 2 is 1.88 bits per heavy atom. The molecule has 1 heterocycles. The molecule has 0 radical (unpaired) electrons. The topological polar surface area (TPSA) is 54.9 Å². The molecule has 0 spiro atoms. The highest BCUT2D eigenvalue weighted by atomic mass is 16.1. The van der Waals surface area contributed by atoms with Gasteiger partial charge in [-0.2, -0.15) is 0 Å². The fraction of sp³-hybridized carbons (Fsp3) is 0.154. The molecule has 0 fully saturated rings. The smallest absolute Gasteiger partial charge is 0.275 e. The summed E-state index contributed by atoms with van der Waals surface area (Å²) in [4.78, 5) is 19.9. The zero-order chi connectivity index (χ0) is 12.3. The van der Waals surface area contributed by atoms with Crippen molar-refractivity contribution in [3.05, 3.63) is 53.6 Å². The number of hydrogen-bond acceptors (Lipinski definition) is 3. The third-order valence-electron chi connectivity index (χ3n) is 2.41. The Morgan fingerprint density at radius 1 is 1.12 bits per heavy atom. The Hall–Kier alpha value is -2.23. The molecule has 4 nitrogen and oxygen atoms in total. The number of para-hydroxylation sites is 1. The van der Waals surface area contributed by atoms with Crippen molar-refractivity contribution < 1.29 is 4.79 Å². The summed E-state index contributed by atoms with van der Waals surface area (Å²) in [6, 6.07) is 7.60. The van der Waals surface area contributed by atoms with Crippen molar-refractivity contribution in [1.82, 2.24) is 9.97 Å². The van der Waals surface area contributed by atoms with Gasteiger partial charge in [-0.3, -0.25) is 9.78 Å². The summed E-state index contributed by atoms with van der Waals surface area (Å²) in [7, 11) is 0. The lowest BCUT2D eigenvalue weighted by atomic mass is 10.2. The number of hydrogen-bond donors (Lipinski definition) is 1. The highest BCUT2D eigenvalue weighted by Gasteiger charge is 2.08. The zero-order valence-corrected chi connectivity index (χ0v) is 9.77. The number of anilines is 1. The number of amides is 1. The Bertz CT molecular complexity index is 535. The average molecular weight is 227 g/mol. The van der Waals surface area contributed by atoms with Crippen LogP contribution in [0.15, 0.2) is 36.7 Å². The highest BCUT2D eigenvalue weighted by Crippen LogP contribution is 2.13. The van der Waals surface area contributed by atoms with Gasteiger partial charge in [-0.25, -0.2) is 4.98 Å². The molecular weight excluding hydrogens is 214 g/mol. The summed E-state index contributed by atoms with van der Waals surface area (Å²) in [5, 5.41) is 2.80. The second-order valence-electron chi connectivity index (χ2n) is 3.81. The van der Waals surface area contributed by atoms with Crippen molar-refractivity contribution in [2.24, 2.45) is 0 Å². The monoisotopic (exact) mass is 227 g/mol. The number of nitrogens with one attached hydrogen (secondary N) is 1. The predicted octanol–water partition coefficient (Wildman–Crippen LogP) is 2.35. The van der Waals surface area contributed by atoms with Crippen molar-refractivity contribution >= 4 is 11.6 Å². The Labute approximate surface area is 99.7 Å². The molecule has 1 N–H and O–H groups in total. The van der Waals surface area contributed by atoms with Crippen molar-refractivity contribution in [3.63, 3.8) is 0 Å². The molecule has 2 aromatic rings. The Balaban J connectivity index is 2.17. The maximum Gasteiger partial charge on any atom is 0.275 e. The highest BCUT2D eigenvalue weighted by molar-refractivity contribution is 6.03. The van der Waals surface area contributed by atoms with Crippen LogP contribution in [0, 0.1) is 13.8 Å². The molecule has 0 unspecified atom stereocenters. The normalized spacial score (nSPS) is 10.0. The van der Waals surface area contributed by atoms with Gasteiger partial charge in [0.1, 0.15) is 5.69 Å². The fourth-order valence-electron chi connectivity index (χ4n) is 1.41. The zero-order valence-electron chi connectivity index (χ0n) is 9.77. The quantitative estimate of drug-likeness (QED) is 0.856. The van der Waals surface area contributed by atoms with Crippen LogP contribution in [0.3, 0.4) is 0 Å². The van der Waals surface area contributed by atoms with Gasteiger partial charge in [0.05, 0.1) is 11.9 Å². The van der Waals surface area contributed by atoms with Crippen LogP contribution in [0.2, 0.25) is 0 Å². The van der Waals surface area contributed by atoms with E-state index in [1.165, 1.54) is 6.20 Å². The molecule has 4 heteroatoms. The van der Waals surface area contributed by atoms with Crippen LogP contribution in [-0.2, 0) is 0 Å². The number of carbonyl (C=O) groups excluding carboxylic acids is 1. The van der Waals surface area contributed by atoms with Crippen molar-refractivity contribution in [1.29, 1.82) is 0 Å². The van der Waals surface area contributed by atoms with E-state index in [0.717, 1.165) is 16.9 Å². The van der Waals surface area contributed by atoms with Gasteiger partial charge < -0.3 is 5.32 Å². The van der Waals surface area contributed by atoms with Crippen LogP contribution >= 0.6 is 0 Å². The van der Waals surface area contributed by atoms with Crippen LogP contribution in [0.5, 0.6) is 0 Å². The number of aryl methyl sites for hydroxylation is 2. The van der Waals surface area contributed by atoms with Crippen molar-refractivity contribution in [2.75, 3.05) is 5.32 Å².